The van der Waals surface area contributed by atoms with Crippen molar-refractivity contribution < 1.29 is 9.18 Å². The highest BCUT2D eigenvalue weighted by atomic mass is 19.1. The normalized spacial score (nSPS) is 16.2. The Morgan fingerprint density at radius 3 is 2.63 bits per heavy atom. The van der Waals surface area contributed by atoms with Gasteiger partial charge in [0.25, 0.3) is 0 Å². The molecule has 0 aliphatic carbocycles. The maximum absolute atomic E-state index is 14.1. The Bertz CT molecular complexity index is 482. The van der Waals surface area contributed by atoms with Crippen molar-refractivity contribution in [3.63, 3.8) is 0 Å². The van der Waals surface area contributed by atoms with Crippen molar-refractivity contribution in [1.82, 2.24) is 4.90 Å². The van der Waals surface area contributed by atoms with Crippen LogP contribution in [0.5, 0.6) is 0 Å². The van der Waals surface area contributed by atoms with Crippen LogP contribution in [0.4, 0.5) is 15.8 Å². The molecule has 0 unspecified atom stereocenters. The summed E-state index contributed by atoms with van der Waals surface area (Å²) in [5.41, 5.74) is 1.03. The van der Waals surface area contributed by atoms with Crippen LogP contribution >= 0.6 is 0 Å². The second-order valence-corrected chi connectivity index (χ2v) is 4.65. The van der Waals surface area contributed by atoms with Crippen LogP contribution in [0, 0.1) is 5.82 Å². The summed E-state index contributed by atoms with van der Waals surface area (Å²) >= 11 is 0. The van der Waals surface area contributed by atoms with E-state index in [2.05, 4.69) is 23.8 Å². The number of carbonyl (C=O) groups is 1. The minimum absolute atomic E-state index is 0.314. The van der Waals surface area contributed by atoms with E-state index in [0.29, 0.717) is 11.4 Å². The SMILES string of the molecule is C=CC(=O)Nc1ccc(N2CCN(C)CC2)c(F)c1. The first-order valence-electron chi connectivity index (χ1n) is 6.26. The van der Waals surface area contributed by atoms with Gasteiger partial charge >= 0.3 is 0 Å². The topological polar surface area (TPSA) is 35.6 Å². The maximum Gasteiger partial charge on any atom is 0.247 e. The highest BCUT2D eigenvalue weighted by Crippen LogP contribution is 2.23. The smallest absolute Gasteiger partial charge is 0.247 e. The number of nitrogens with zero attached hydrogens (tertiary/aromatic N) is 2. The number of amides is 1. The van der Waals surface area contributed by atoms with E-state index in [1.807, 2.05) is 4.90 Å². The van der Waals surface area contributed by atoms with Gasteiger partial charge < -0.3 is 15.1 Å². The standard InChI is InChI=1S/C14H18FN3O/c1-3-14(19)16-11-4-5-13(12(15)10-11)18-8-6-17(2)7-9-18/h3-5,10H,1,6-9H2,2H3,(H,16,19). The van der Waals surface area contributed by atoms with Crippen molar-refractivity contribution in [3.8, 4) is 0 Å². The number of hydrogen-bond acceptors (Lipinski definition) is 3. The molecule has 102 valence electrons. The fourth-order valence-electron chi connectivity index (χ4n) is 2.08. The Kier molecular flexibility index (Phi) is 4.16. The molecule has 0 aromatic heterocycles. The molecule has 1 aromatic rings. The predicted octanol–water partition coefficient (Wildman–Crippen LogP) is 1.70. The lowest BCUT2D eigenvalue weighted by molar-refractivity contribution is -0.111. The fourth-order valence-corrected chi connectivity index (χ4v) is 2.08. The summed E-state index contributed by atoms with van der Waals surface area (Å²) in [6.45, 7) is 6.83. The highest BCUT2D eigenvalue weighted by Gasteiger charge is 2.17. The van der Waals surface area contributed by atoms with Gasteiger partial charge in [-0.3, -0.25) is 4.79 Å². The van der Waals surface area contributed by atoms with Crippen LogP contribution in [0.1, 0.15) is 0 Å². The fraction of sp³-hybridized carbons (Fsp3) is 0.357. The highest BCUT2D eigenvalue weighted by molar-refractivity contribution is 5.98. The summed E-state index contributed by atoms with van der Waals surface area (Å²) < 4.78 is 14.1. The van der Waals surface area contributed by atoms with Crippen LogP contribution in [0.25, 0.3) is 0 Å². The quantitative estimate of drug-likeness (QED) is 0.843. The maximum atomic E-state index is 14.1. The monoisotopic (exact) mass is 263 g/mol. The van der Waals surface area contributed by atoms with Crippen LogP contribution < -0.4 is 10.2 Å². The van der Waals surface area contributed by atoms with E-state index < -0.39 is 0 Å². The molecule has 4 nitrogen and oxygen atoms in total. The molecule has 1 fully saturated rings. The molecule has 5 heteroatoms. The van der Waals surface area contributed by atoms with Gasteiger partial charge in [0.1, 0.15) is 5.82 Å². The average molecular weight is 263 g/mol. The number of piperazine rings is 1. The third-order valence-corrected chi connectivity index (χ3v) is 3.24. The number of hydrogen-bond donors (Lipinski definition) is 1. The molecule has 0 spiro atoms. The number of carbonyl (C=O) groups excluding carboxylic acids is 1. The van der Waals surface area contributed by atoms with Crippen LogP contribution in [-0.2, 0) is 4.79 Å². The second-order valence-electron chi connectivity index (χ2n) is 4.65. The van der Waals surface area contributed by atoms with Crippen molar-refractivity contribution in [1.29, 1.82) is 0 Å². The average Bonchev–Trinajstić information content (AvgIpc) is 2.40. The lowest BCUT2D eigenvalue weighted by Gasteiger charge is -2.34. The molecule has 1 heterocycles. The van der Waals surface area contributed by atoms with Gasteiger partial charge in [-0.25, -0.2) is 4.39 Å². The van der Waals surface area contributed by atoms with E-state index >= 15 is 0 Å². The van der Waals surface area contributed by atoms with E-state index in [0.717, 1.165) is 32.3 Å². The first-order valence-corrected chi connectivity index (χ1v) is 6.26. The predicted molar refractivity (Wildman–Crippen MR) is 74.9 cm³/mol. The molecular weight excluding hydrogens is 245 g/mol. The summed E-state index contributed by atoms with van der Waals surface area (Å²) in [6, 6.07) is 4.76. The lowest BCUT2D eigenvalue weighted by atomic mass is 10.2. The van der Waals surface area contributed by atoms with Crippen molar-refractivity contribution in [2.75, 3.05) is 43.4 Å². The molecule has 1 amide bonds. The van der Waals surface area contributed by atoms with E-state index in [9.17, 15) is 9.18 Å². The first kappa shape index (κ1) is 13.5. The van der Waals surface area contributed by atoms with Crippen LogP contribution in [0.15, 0.2) is 30.9 Å². The summed E-state index contributed by atoms with van der Waals surface area (Å²) in [4.78, 5) is 15.4. The third kappa shape index (κ3) is 3.32. The second kappa shape index (κ2) is 5.84. The molecule has 1 saturated heterocycles. The third-order valence-electron chi connectivity index (χ3n) is 3.24. The van der Waals surface area contributed by atoms with Gasteiger partial charge in [-0.05, 0) is 31.3 Å². The summed E-state index contributed by atoms with van der Waals surface area (Å²) in [5.74, 6) is -0.654. The van der Waals surface area contributed by atoms with Gasteiger partial charge in [0.2, 0.25) is 5.91 Å². The van der Waals surface area contributed by atoms with Crippen LogP contribution in [0.3, 0.4) is 0 Å². The molecule has 19 heavy (non-hydrogen) atoms. The molecule has 0 bridgehead atoms. The Labute approximate surface area is 112 Å². The zero-order valence-corrected chi connectivity index (χ0v) is 11.0. The Morgan fingerprint density at radius 1 is 1.37 bits per heavy atom. The Balaban J connectivity index is 2.10. The van der Waals surface area contributed by atoms with E-state index in [4.69, 9.17) is 0 Å². The molecule has 1 N–H and O–H groups in total. The van der Waals surface area contributed by atoms with Gasteiger partial charge in [-0.1, -0.05) is 6.58 Å². The molecular formula is C14H18FN3O. The minimum atomic E-state index is -0.341. The first-order chi connectivity index (χ1) is 9.10. The van der Waals surface area contributed by atoms with Crippen molar-refractivity contribution in [2.45, 2.75) is 0 Å². The van der Waals surface area contributed by atoms with Crippen LogP contribution in [-0.4, -0.2) is 44.0 Å². The number of nitrogens with one attached hydrogen (secondary N) is 1. The molecule has 0 radical (unpaired) electrons. The number of anilines is 2. The molecule has 0 atom stereocenters. The number of benzene rings is 1. The zero-order chi connectivity index (χ0) is 13.8. The molecule has 1 aromatic carbocycles. The van der Waals surface area contributed by atoms with Crippen LogP contribution in [0.2, 0.25) is 0 Å². The van der Waals surface area contributed by atoms with Crippen molar-refractivity contribution in [3.05, 3.63) is 36.7 Å². The molecule has 1 aliphatic heterocycles. The summed E-state index contributed by atoms with van der Waals surface area (Å²) in [7, 11) is 2.06. The van der Waals surface area contributed by atoms with Gasteiger partial charge in [0.05, 0.1) is 5.69 Å². The van der Waals surface area contributed by atoms with E-state index in [1.54, 1.807) is 12.1 Å². The van der Waals surface area contributed by atoms with E-state index in [-0.39, 0.29) is 11.7 Å². The van der Waals surface area contributed by atoms with Gasteiger partial charge in [-0.15, -0.1) is 0 Å². The van der Waals surface area contributed by atoms with Crippen molar-refractivity contribution >= 4 is 17.3 Å². The molecule has 1 aliphatic rings. The van der Waals surface area contributed by atoms with Gasteiger partial charge in [0.15, 0.2) is 0 Å². The number of likely N-dealkylation sites (N-methyl/N-ethyl adjacent to an activating group) is 1. The largest absolute Gasteiger partial charge is 0.367 e. The summed E-state index contributed by atoms with van der Waals surface area (Å²) in [5, 5.41) is 2.55. The van der Waals surface area contributed by atoms with Crippen molar-refractivity contribution in [2.24, 2.45) is 0 Å². The lowest BCUT2D eigenvalue weighted by Crippen LogP contribution is -2.44. The number of halogens is 1. The molecule has 0 saturated carbocycles. The number of rotatable bonds is 3. The molecule has 2 rings (SSSR count). The minimum Gasteiger partial charge on any atom is -0.367 e. The Hall–Kier alpha value is -1.88. The van der Waals surface area contributed by atoms with E-state index in [1.165, 1.54) is 6.07 Å². The van der Waals surface area contributed by atoms with Gasteiger partial charge in [-0.2, -0.15) is 0 Å². The Morgan fingerprint density at radius 2 is 2.05 bits per heavy atom. The van der Waals surface area contributed by atoms with Gasteiger partial charge in [0, 0.05) is 31.9 Å². The summed E-state index contributed by atoms with van der Waals surface area (Å²) in [6.07, 6.45) is 1.16. The zero-order valence-electron chi connectivity index (χ0n) is 11.0.